The number of nitrogen functional groups attached to an aromatic ring is 1. The number of hydrogen-bond acceptors (Lipinski definition) is 14. The van der Waals surface area contributed by atoms with Gasteiger partial charge in [0, 0.05) is 0 Å². The van der Waals surface area contributed by atoms with Crippen molar-refractivity contribution in [3.05, 3.63) is 39.7 Å². The van der Waals surface area contributed by atoms with E-state index in [-0.39, 0.29) is 28.3 Å². The van der Waals surface area contributed by atoms with Crippen LogP contribution in [0.15, 0.2) is 28.6 Å². The number of imidazole rings is 2. The number of aliphatic hydroxyl groups excluding tert-OH is 2. The highest BCUT2D eigenvalue weighted by molar-refractivity contribution is 8.07. The van der Waals surface area contributed by atoms with Gasteiger partial charge in [0.2, 0.25) is 11.7 Å². The molecule has 226 valence electrons. The van der Waals surface area contributed by atoms with Crippen LogP contribution in [0.3, 0.4) is 0 Å². The maximum absolute atomic E-state index is 15.9. The van der Waals surface area contributed by atoms with Crippen LogP contribution in [0, 0.1) is 0 Å². The predicted molar refractivity (Wildman–Crippen MR) is 139 cm³/mol. The smallest absolute Gasteiger partial charge is 0.325 e. The van der Waals surface area contributed by atoms with Gasteiger partial charge in [0.05, 0.1) is 25.9 Å². The maximum Gasteiger partial charge on any atom is 0.325 e. The van der Waals surface area contributed by atoms with Crippen LogP contribution in [0.5, 0.6) is 0 Å². The molecule has 2 aliphatic rings. The molecule has 0 spiro atoms. The van der Waals surface area contributed by atoms with E-state index in [0.29, 0.717) is 0 Å². The molecule has 0 aliphatic carbocycles. The van der Waals surface area contributed by atoms with Gasteiger partial charge in [-0.25, -0.2) is 23.7 Å². The Morgan fingerprint density at radius 2 is 1.95 bits per heavy atom. The maximum atomic E-state index is 15.9. The number of aromatic nitrogens is 8. The standard InChI is InChI=1S/C20H22F2N9O9PS/c21-9-7(1-32)39-18(30-5-26-11-15(30)28-19(23)29-17(11)35)12(9)40-41(36,42)38-2-8-13(33)20(22,3-37-8)31-6-27-10-14(31)24-4-25-16(10)34/h4-9,12-13,18,32-33H,1-3H2,(H,36,42)(H,24,25,34)(H3,23,28,29,35)/t7-,8-,9-,12-,13-,18-,20-,41?/m1/s1. The lowest BCUT2D eigenvalue weighted by molar-refractivity contribution is -0.0530. The zero-order valence-electron chi connectivity index (χ0n) is 21.0. The van der Waals surface area contributed by atoms with E-state index in [0.717, 1.165) is 28.1 Å². The highest BCUT2D eigenvalue weighted by Gasteiger charge is 2.54. The van der Waals surface area contributed by atoms with Gasteiger partial charge >= 0.3 is 6.72 Å². The van der Waals surface area contributed by atoms with Crippen molar-refractivity contribution >= 4 is 46.8 Å². The Kier molecular flexibility index (Phi) is 7.19. The second-order valence-electron chi connectivity index (χ2n) is 9.43. The summed E-state index contributed by atoms with van der Waals surface area (Å²) >= 11 is 5.04. The zero-order chi connectivity index (χ0) is 30.0. The molecule has 22 heteroatoms. The molecule has 0 saturated carbocycles. The second kappa shape index (κ2) is 10.5. The lowest BCUT2D eigenvalue weighted by Crippen LogP contribution is -2.43. The summed E-state index contributed by atoms with van der Waals surface area (Å²) < 4.78 is 54.8. The molecule has 42 heavy (non-hydrogen) atoms. The molecular weight excluding hydrogens is 611 g/mol. The van der Waals surface area contributed by atoms with Crippen molar-refractivity contribution in [3.63, 3.8) is 0 Å². The Balaban J connectivity index is 1.19. The Labute approximate surface area is 236 Å². The highest BCUT2D eigenvalue weighted by Crippen LogP contribution is 2.51. The first-order valence-electron chi connectivity index (χ1n) is 12.1. The largest absolute Gasteiger partial charge is 0.394 e. The fraction of sp³-hybridized carbons (Fsp3) is 0.500. The van der Waals surface area contributed by atoms with E-state index in [9.17, 15) is 24.7 Å². The molecular formula is C20H22F2N9O9PS. The third kappa shape index (κ3) is 4.71. The number of nitrogens with zero attached hydrogens (tertiary/aromatic N) is 6. The molecule has 0 bridgehead atoms. The molecule has 2 fully saturated rings. The summed E-state index contributed by atoms with van der Waals surface area (Å²) in [4.78, 5) is 55.1. The number of nitrogens with one attached hydrogen (secondary N) is 2. The summed E-state index contributed by atoms with van der Waals surface area (Å²) in [5.74, 6) is -2.89. The van der Waals surface area contributed by atoms with Gasteiger partial charge in [-0.3, -0.25) is 28.2 Å². The summed E-state index contributed by atoms with van der Waals surface area (Å²) in [5, 5.41) is 20.4. The molecule has 4 aromatic rings. The van der Waals surface area contributed by atoms with Crippen LogP contribution in [0.1, 0.15) is 6.23 Å². The number of nitrogens with two attached hydrogens (primary N) is 1. The zero-order valence-corrected chi connectivity index (χ0v) is 22.7. The Bertz CT molecular complexity index is 1820. The van der Waals surface area contributed by atoms with Crippen molar-refractivity contribution in [2.24, 2.45) is 0 Å². The van der Waals surface area contributed by atoms with E-state index in [4.69, 9.17) is 36.1 Å². The van der Waals surface area contributed by atoms with Crippen LogP contribution >= 0.6 is 6.72 Å². The average Bonchev–Trinajstić information content (AvgIpc) is 3.70. The van der Waals surface area contributed by atoms with Crippen molar-refractivity contribution in [2.45, 2.75) is 42.6 Å². The molecule has 6 heterocycles. The van der Waals surface area contributed by atoms with Crippen LogP contribution < -0.4 is 16.9 Å². The van der Waals surface area contributed by atoms with E-state index in [1.54, 1.807) is 0 Å². The monoisotopic (exact) mass is 633 g/mol. The van der Waals surface area contributed by atoms with Gasteiger partial charge < -0.3 is 39.8 Å². The summed E-state index contributed by atoms with van der Waals surface area (Å²) in [6, 6.07) is 0. The number of anilines is 1. The van der Waals surface area contributed by atoms with Gasteiger partial charge in [-0.1, -0.05) is 0 Å². The van der Waals surface area contributed by atoms with Gasteiger partial charge in [0.25, 0.3) is 11.1 Å². The Morgan fingerprint density at radius 3 is 2.71 bits per heavy atom. The number of fused-ring (bicyclic) bond motifs is 2. The van der Waals surface area contributed by atoms with Crippen molar-refractivity contribution in [3.8, 4) is 0 Å². The molecule has 0 aromatic carbocycles. The van der Waals surface area contributed by atoms with Crippen molar-refractivity contribution < 1.29 is 42.4 Å². The second-order valence-corrected chi connectivity index (χ2v) is 12.2. The molecule has 4 aromatic heterocycles. The Hall–Kier alpha value is -3.27. The van der Waals surface area contributed by atoms with Crippen LogP contribution in [-0.4, -0.2) is 105 Å². The summed E-state index contributed by atoms with van der Waals surface area (Å²) in [5.41, 5.74) is 3.76. The number of aliphatic hydroxyl groups is 2. The van der Waals surface area contributed by atoms with Gasteiger partial charge in [0.15, 0.2) is 34.7 Å². The molecule has 8 atom stereocenters. The minimum absolute atomic E-state index is 0.0990. The molecule has 2 saturated heterocycles. The minimum atomic E-state index is -4.37. The minimum Gasteiger partial charge on any atom is -0.394 e. The quantitative estimate of drug-likeness (QED) is 0.116. The third-order valence-corrected chi connectivity index (χ3v) is 8.43. The van der Waals surface area contributed by atoms with E-state index in [1.165, 1.54) is 0 Å². The van der Waals surface area contributed by atoms with E-state index >= 15 is 8.78 Å². The van der Waals surface area contributed by atoms with Gasteiger partial charge in [-0.2, -0.15) is 4.98 Å². The number of ether oxygens (including phenoxy) is 2. The van der Waals surface area contributed by atoms with Gasteiger partial charge in [0.1, 0.15) is 37.4 Å². The van der Waals surface area contributed by atoms with Crippen molar-refractivity contribution in [1.82, 2.24) is 39.0 Å². The number of aromatic amines is 2. The number of halogens is 2. The first-order valence-corrected chi connectivity index (χ1v) is 14.7. The lowest BCUT2D eigenvalue weighted by Gasteiger charge is -2.27. The summed E-state index contributed by atoms with van der Waals surface area (Å²) in [7, 11) is 0. The summed E-state index contributed by atoms with van der Waals surface area (Å²) in [6.45, 7) is -6.54. The first-order chi connectivity index (χ1) is 19.9. The third-order valence-electron chi connectivity index (χ3n) is 6.87. The molecule has 6 rings (SSSR count). The normalized spacial score (nSPS) is 31.3. The highest BCUT2D eigenvalue weighted by atomic mass is 32.5. The van der Waals surface area contributed by atoms with Crippen LogP contribution in [0.2, 0.25) is 0 Å². The molecule has 18 nitrogen and oxygen atoms in total. The molecule has 0 radical (unpaired) electrons. The van der Waals surface area contributed by atoms with Crippen molar-refractivity contribution in [1.29, 1.82) is 0 Å². The SMILES string of the molecule is Nc1nc2c(ncn2[C@@H]2O[C@H](CO)[C@@H](F)[C@H]2OP(O)(=S)OC[C@H]2OC[C@@](F)(n3cnc4c(=O)[nH]cnc43)[C@@H]2O)c(=O)[nH]1. The van der Waals surface area contributed by atoms with E-state index < -0.39 is 80.3 Å². The fourth-order valence-corrected chi connectivity index (χ4v) is 6.22. The molecule has 1 unspecified atom stereocenters. The number of hydrogen-bond donors (Lipinski definition) is 6. The lowest BCUT2D eigenvalue weighted by atomic mass is 10.1. The van der Waals surface area contributed by atoms with E-state index in [2.05, 4.69) is 29.9 Å². The molecule has 2 aliphatic heterocycles. The predicted octanol–water partition coefficient (Wildman–Crippen LogP) is -1.94. The van der Waals surface area contributed by atoms with Crippen molar-refractivity contribution in [2.75, 3.05) is 25.6 Å². The van der Waals surface area contributed by atoms with Crippen LogP contribution in [0.25, 0.3) is 22.3 Å². The Morgan fingerprint density at radius 1 is 1.21 bits per heavy atom. The molecule has 7 N–H and O–H groups in total. The number of alkyl halides is 2. The van der Waals surface area contributed by atoms with Crippen LogP contribution in [0.4, 0.5) is 14.7 Å². The van der Waals surface area contributed by atoms with Gasteiger partial charge in [-0.15, -0.1) is 0 Å². The fourth-order valence-electron chi connectivity index (χ4n) is 4.81. The molecule has 0 amide bonds. The number of H-pyrrole nitrogens is 2. The van der Waals surface area contributed by atoms with Gasteiger partial charge in [-0.05, 0) is 11.8 Å². The van der Waals surface area contributed by atoms with E-state index in [1.807, 2.05) is 0 Å². The topological polar surface area (TPSA) is 251 Å². The average molecular weight is 633 g/mol. The summed E-state index contributed by atoms with van der Waals surface area (Å²) in [6.07, 6.45) is -6.79. The van der Waals surface area contributed by atoms with Crippen LogP contribution in [-0.2, 0) is 36.1 Å². The number of rotatable bonds is 8. The first kappa shape index (κ1) is 28.8.